The molecule has 19 heavy (non-hydrogen) atoms. The van der Waals surface area contributed by atoms with Gasteiger partial charge in [0.2, 0.25) is 0 Å². The van der Waals surface area contributed by atoms with Crippen molar-refractivity contribution in [3.8, 4) is 11.5 Å². The second-order valence-corrected chi connectivity index (χ2v) is 4.63. The summed E-state index contributed by atoms with van der Waals surface area (Å²) in [5.74, 6) is 1.13. The lowest BCUT2D eigenvalue weighted by molar-refractivity contribution is 0.306. The summed E-state index contributed by atoms with van der Waals surface area (Å²) in [6.07, 6.45) is 0. The van der Waals surface area contributed by atoms with Gasteiger partial charge in [0.05, 0.1) is 12.2 Å². The quantitative estimate of drug-likeness (QED) is 0.810. The Morgan fingerprint density at radius 1 is 1.21 bits per heavy atom. The Labute approximate surface area is 112 Å². The third kappa shape index (κ3) is 2.29. The monoisotopic (exact) mass is 256 g/mol. The van der Waals surface area contributed by atoms with Gasteiger partial charge in [0.15, 0.2) is 0 Å². The third-order valence-corrected chi connectivity index (χ3v) is 3.30. The number of phenols is 1. The number of nitrogens with two attached hydrogens (primary N) is 1. The summed E-state index contributed by atoms with van der Waals surface area (Å²) in [7, 11) is 0. The van der Waals surface area contributed by atoms with E-state index in [4.69, 9.17) is 10.5 Å². The van der Waals surface area contributed by atoms with Crippen LogP contribution in [0.25, 0.3) is 0 Å². The van der Waals surface area contributed by atoms with Crippen LogP contribution in [0.4, 0.5) is 11.4 Å². The van der Waals surface area contributed by atoms with Crippen LogP contribution in [-0.4, -0.2) is 18.3 Å². The molecular weight excluding hydrogens is 240 g/mol. The van der Waals surface area contributed by atoms with Crippen LogP contribution < -0.4 is 15.4 Å². The van der Waals surface area contributed by atoms with Gasteiger partial charge in [-0.3, -0.25) is 0 Å². The molecule has 98 valence electrons. The van der Waals surface area contributed by atoms with Crippen LogP contribution in [0.1, 0.15) is 5.56 Å². The number of nitrogens with zero attached hydrogens (tertiary/aromatic N) is 1. The number of para-hydroxylation sites is 2. The Kier molecular flexibility index (Phi) is 2.91. The van der Waals surface area contributed by atoms with Gasteiger partial charge in [-0.1, -0.05) is 18.2 Å². The van der Waals surface area contributed by atoms with Gasteiger partial charge in [-0.05, 0) is 18.2 Å². The topological polar surface area (TPSA) is 58.7 Å². The lowest BCUT2D eigenvalue weighted by Gasteiger charge is -2.31. The van der Waals surface area contributed by atoms with E-state index in [-0.39, 0.29) is 5.75 Å². The molecule has 1 aliphatic heterocycles. The number of hydrogen-bond acceptors (Lipinski definition) is 4. The molecule has 0 bridgehead atoms. The molecule has 2 aromatic carbocycles. The first kappa shape index (κ1) is 11.7. The minimum absolute atomic E-state index is 0.240. The second kappa shape index (κ2) is 4.72. The predicted octanol–water partition coefficient (Wildman–Crippen LogP) is 2.37. The molecule has 0 saturated heterocycles. The molecular formula is C15H16N2O2. The largest absolute Gasteiger partial charge is 0.508 e. The van der Waals surface area contributed by atoms with Gasteiger partial charge >= 0.3 is 0 Å². The fourth-order valence-corrected chi connectivity index (χ4v) is 2.31. The van der Waals surface area contributed by atoms with Gasteiger partial charge in [-0.25, -0.2) is 0 Å². The highest BCUT2D eigenvalue weighted by atomic mass is 16.5. The SMILES string of the molecule is Nc1ccc(CN2CCOc3ccccc32)c(O)c1. The normalized spacial score (nSPS) is 13.8. The van der Waals surface area contributed by atoms with E-state index >= 15 is 0 Å². The molecule has 0 atom stereocenters. The van der Waals surface area contributed by atoms with Crippen molar-refractivity contribution in [3.63, 3.8) is 0 Å². The zero-order chi connectivity index (χ0) is 13.2. The summed E-state index contributed by atoms with van der Waals surface area (Å²) in [4.78, 5) is 2.20. The molecule has 0 saturated carbocycles. The minimum Gasteiger partial charge on any atom is -0.508 e. The summed E-state index contributed by atoms with van der Waals surface area (Å²) in [6, 6.07) is 13.2. The highest BCUT2D eigenvalue weighted by Gasteiger charge is 2.18. The number of ether oxygens (including phenoxy) is 1. The third-order valence-electron chi connectivity index (χ3n) is 3.30. The van der Waals surface area contributed by atoms with Crippen molar-refractivity contribution >= 4 is 11.4 Å². The van der Waals surface area contributed by atoms with E-state index in [0.29, 0.717) is 18.8 Å². The molecule has 0 aromatic heterocycles. The Balaban J connectivity index is 1.88. The van der Waals surface area contributed by atoms with Gasteiger partial charge < -0.3 is 20.5 Å². The van der Waals surface area contributed by atoms with E-state index in [1.165, 1.54) is 0 Å². The molecule has 1 aliphatic rings. The van der Waals surface area contributed by atoms with Crippen LogP contribution in [0.3, 0.4) is 0 Å². The number of benzene rings is 2. The van der Waals surface area contributed by atoms with E-state index in [9.17, 15) is 5.11 Å². The molecule has 4 nitrogen and oxygen atoms in total. The van der Waals surface area contributed by atoms with Crippen LogP contribution in [0.5, 0.6) is 11.5 Å². The van der Waals surface area contributed by atoms with Crippen molar-refractivity contribution in [2.75, 3.05) is 23.8 Å². The fraction of sp³-hybridized carbons (Fsp3) is 0.200. The van der Waals surface area contributed by atoms with Crippen LogP contribution in [-0.2, 0) is 6.54 Å². The molecule has 3 rings (SSSR count). The van der Waals surface area contributed by atoms with Crippen molar-refractivity contribution in [1.29, 1.82) is 0 Å². The summed E-state index contributed by atoms with van der Waals surface area (Å²) >= 11 is 0. The maximum absolute atomic E-state index is 9.93. The first-order valence-electron chi connectivity index (χ1n) is 6.28. The molecule has 0 amide bonds. The van der Waals surface area contributed by atoms with E-state index in [1.807, 2.05) is 30.3 Å². The van der Waals surface area contributed by atoms with Crippen molar-refractivity contribution in [1.82, 2.24) is 0 Å². The Morgan fingerprint density at radius 3 is 2.89 bits per heavy atom. The van der Waals surface area contributed by atoms with Crippen molar-refractivity contribution in [2.24, 2.45) is 0 Å². The summed E-state index contributed by atoms with van der Waals surface area (Å²) in [5, 5.41) is 9.93. The highest BCUT2D eigenvalue weighted by Crippen LogP contribution is 2.33. The van der Waals surface area contributed by atoms with Gasteiger partial charge in [0.1, 0.15) is 18.1 Å². The van der Waals surface area contributed by atoms with E-state index < -0.39 is 0 Å². The fourth-order valence-electron chi connectivity index (χ4n) is 2.31. The first-order chi connectivity index (χ1) is 9.24. The van der Waals surface area contributed by atoms with E-state index in [2.05, 4.69) is 4.90 Å². The van der Waals surface area contributed by atoms with Gasteiger partial charge in [0.25, 0.3) is 0 Å². The molecule has 0 spiro atoms. The molecule has 1 heterocycles. The standard InChI is InChI=1S/C15H16N2O2/c16-12-6-5-11(14(18)9-12)10-17-7-8-19-15-4-2-1-3-13(15)17/h1-6,9,18H,7-8,10,16H2. The average molecular weight is 256 g/mol. The van der Waals surface area contributed by atoms with Gasteiger partial charge in [0, 0.05) is 23.9 Å². The van der Waals surface area contributed by atoms with Crippen molar-refractivity contribution < 1.29 is 9.84 Å². The van der Waals surface area contributed by atoms with Crippen LogP contribution in [0.2, 0.25) is 0 Å². The molecule has 0 fully saturated rings. The average Bonchev–Trinajstić information content (AvgIpc) is 2.42. The lowest BCUT2D eigenvalue weighted by Crippen LogP contribution is -2.32. The van der Waals surface area contributed by atoms with E-state index in [0.717, 1.165) is 23.5 Å². The second-order valence-electron chi connectivity index (χ2n) is 4.63. The zero-order valence-corrected chi connectivity index (χ0v) is 10.5. The lowest BCUT2D eigenvalue weighted by atomic mass is 10.1. The van der Waals surface area contributed by atoms with E-state index in [1.54, 1.807) is 12.1 Å². The van der Waals surface area contributed by atoms with Crippen LogP contribution in [0.15, 0.2) is 42.5 Å². The molecule has 2 aromatic rings. The zero-order valence-electron chi connectivity index (χ0n) is 10.5. The number of nitrogen functional groups attached to an aromatic ring is 1. The molecule has 4 heteroatoms. The Morgan fingerprint density at radius 2 is 2.05 bits per heavy atom. The number of phenolic OH excluding ortho intramolecular Hbond substituents is 1. The molecule has 0 radical (unpaired) electrons. The van der Waals surface area contributed by atoms with Crippen molar-refractivity contribution in [2.45, 2.75) is 6.54 Å². The Bertz CT molecular complexity index is 598. The number of aromatic hydroxyl groups is 1. The van der Waals surface area contributed by atoms with Crippen molar-refractivity contribution in [3.05, 3.63) is 48.0 Å². The number of rotatable bonds is 2. The van der Waals surface area contributed by atoms with Gasteiger partial charge in [-0.15, -0.1) is 0 Å². The number of hydrogen-bond donors (Lipinski definition) is 2. The molecule has 0 unspecified atom stereocenters. The van der Waals surface area contributed by atoms with Crippen LogP contribution in [0, 0.1) is 0 Å². The summed E-state index contributed by atoms with van der Waals surface area (Å²) in [5.41, 5.74) is 8.14. The Hall–Kier alpha value is -2.36. The summed E-state index contributed by atoms with van der Waals surface area (Å²) < 4.78 is 5.62. The number of anilines is 2. The molecule has 0 aliphatic carbocycles. The highest BCUT2D eigenvalue weighted by molar-refractivity contribution is 5.60. The molecule has 3 N–H and O–H groups in total. The number of fused-ring (bicyclic) bond motifs is 1. The minimum atomic E-state index is 0.240. The van der Waals surface area contributed by atoms with Gasteiger partial charge in [-0.2, -0.15) is 0 Å². The maximum Gasteiger partial charge on any atom is 0.142 e. The predicted molar refractivity (Wildman–Crippen MR) is 75.5 cm³/mol. The smallest absolute Gasteiger partial charge is 0.142 e. The maximum atomic E-state index is 9.93. The first-order valence-corrected chi connectivity index (χ1v) is 6.28. The van der Waals surface area contributed by atoms with Crippen LogP contribution >= 0.6 is 0 Å². The summed E-state index contributed by atoms with van der Waals surface area (Å²) in [6.45, 7) is 2.11.